The number of likely N-dealkylation sites (N-methyl/N-ethyl adjacent to an activating group) is 1. The molecule has 0 saturated carbocycles. The van der Waals surface area contributed by atoms with Crippen LogP contribution in [0, 0.1) is 0 Å². The van der Waals surface area contributed by atoms with E-state index in [9.17, 15) is 4.79 Å². The first kappa shape index (κ1) is 17.5. The van der Waals surface area contributed by atoms with Crippen molar-refractivity contribution in [1.82, 2.24) is 10.4 Å². The molecule has 1 saturated heterocycles. The first-order chi connectivity index (χ1) is 11.2. The van der Waals surface area contributed by atoms with Gasteiger partial charge in [-0.25, -0.2) is 4.79 Å². The third kappa shape index (κ3) is 5.37. The highest BCUT2D eigenvalue weighted by molar-refractivity contribution is 5.60. The number of carbonyl (C=O) groups excluding carboxylic acids is 1. The lowest BCUT2D eigenvalue weighted by Gasteiger charge is -2.35. The van der Waals surface area contributed by atoms with E-state index in [2.05, 4.69) is 28.4 Å². The summed E-state index contributed by atoms with van der Waals surface area (Å²) in [5.74, 6) is 2.63. The van der Waals surface area contributed by atoms with Gasteiger partial charge in [-0.1, -0.05) is 6.07 Å². The van der Waals surface area contributed by atoms with Gasteiger partial charge in [-0.2, -0.15) is 5.48 Å². The van der Waals surface area contributed by atoms with E-state index < -0.39 is 0 Å². The Balaban J connectivity index is 1.93. The molecule has 0 unspecified atom stereocenters. The van der Waals surface area contributed by atoms with Crippen LogP contribution in [0.1, 0.15) is 12.0 Å². The monoisotopic (exact) mass is 319 g/mol. The lowest BCUT2D eigenvalue weighted by Crippen LogP contribution is -2.44. The molecule has 0 amide bonds. The van der Waals surface area contributed by atoms with Gasteiger partial charge in [0.2, 0.25) is 0 Å². The summed E-state index contributed by atoms with van der Waals surface area (Å²) in [5.41, 5.74) is 5.18. The molecule has 0 aromatic heterocycles. The normalized spacial score (nSPS) is 15.3. The molecular weight excluding hydrogens is 294 g/mol. The quantitative estimate of drug-likeness (QED) is 0.442. The fourth-order valence-corrected chi connectivity index (χ4v) is 2.52. The minimum Gasteiger partial charge on any atom is -0.495 e. The Morgan fingerprint density at radius 1 is 1.30 bits per heavy atom. The van der Waals surface area contributed by atoms with Gasteiger partial charge in [-0.3, -0.25) is 0 Å². The van der Waals surface area contributed by atoms with Gasteiger partial charge >= 0.3 is 0 Å². The maximum absolute atomic E-state index is 10.1. The van der Waals surface area contributed by atoms with Crippen molar-refractivity contribution in [3.8, 4) is 5.75 Å². The van der Waals surface area contributed by atoms with Gasteiger partial charge in [-0.15, -0.1) is 0 Å². The van der Waals surface area contributed by atoms with Crippen LogP contribution in [0.5, 0.6) is 5.75 Å². The third-order valence-corrected chi connectivity index (χ3v) is 3.91. The summed E-state index contributed by atoms with van der Waals surface area (Å²) >= 11 is 0. The van der Waals surface area contributed by atoms with Crippen molar-refractivity contribution in [2.45, 2.75) is 13.0 Å². The molecule has 1 aromatic carbocycles. The maximum atomic E-state index is 10.1. The van der Waals surface area contributed by atoms with Crippen LogP contribution in [-0.4, -0.2) is 57.8 Å². The van der Waals surface area contributed by atoms with Gasteiger partial charge in [0.25, 0.3) is 0 Å². The van der Waals surface area contributed by atoms with E-state index in [0.29, 0.717) is 19.6 Å². The van der Waals surface area contributed by atoms with Crippen LogP contribution in [-0.2, 0) is 16.2 Å². The number of hydroxylamine groups is 1. The number of nitrogens with zero attached hydrogens (tertiary/aromatic N) is 2. The van der Waals surface area contributed by atoms with E-state index in [1.807, 2.05) is 12.1 Å². The third-order valence-electron chi connectivity index (χ3n) is 3.91. The van der Waals surface area contributed by atoms with Crippen LogP contribution in [0.4, 0.5) is 5.69 Å². The Hall–Kier alpha value is -1.85. The zero-order valence-electron chi connectivity index (χ0n) is 13.9. The molecule has 6 heteroatoms. The van der Waals surface area contributed by atoms with Crippen LogP contribution in [0.2, 0.25) is 0 Å². The van der Waals surface area contributed by atoms with Crippen molar-refractivity contribution in [3.05, 3.63) is 29.8 Å². The summed E-state index contributed by atoms with van der Waals surface area (Å²) in [6.07, 6.45) is 1.98. The van der Waals surface area contributed by atoms with Crippen LogP contribution in [0.25, 0.3) is 0 Å². The molecule has 0 atom stereocenters. The molecule has 1 N–H and O–H groups in total. The summed E-state index contributed by atoms with van der Waals surface area (Å²) in [6, 6.07) is 6.17. The standard InChI is InChI=1S/C17H25N3O3/c1-19-7-9-20(10-8-19)16-13-15(5-6-17(16)22-2)14-18-23-12-4-3-11-21/h3,5-6,13,18H,4,7-10,12,14H2,1-2H3. The Bertz CT molecular complexity index is 536. The zero-order chi connectivity index (χ0) is 16.5. The summed E-state index contributed by atoms with van der Waals surface area (Å²) in [4.78, 5) is 20.0. The van der Waals surface area contributed by atoms with Crippen molar-refractivity contribution in [2.75, 3.05) is 51.8 Å². The fraction of sp³-hybridized carbons (Fsp3) is 0.529. The number of rotatable bonds is 8. The molecule has 0 spiro atoms. The predicted octanol–water partition coefficient (Wildman–Crippen LogP) is 1.25. The van der Waals surface area contributed by atoms with E-state index in [0.717, 1.165) is 43.2 Å². The fourth-order valence-electron chi connectivity index (χ4n) is 2.52. The van der Waals surface area contributed by atoms with Crippen molar-refractivity contribution in [1.29, 1.82) is 0 Å². The largest absolute Gasteiger partial charge is 0.495 e. The lowest BCUT2D eigenvalue weighted by atomic mass is 10.1. The summed E-state index contributed by atoms with van der Waals surface area (Å²) in [5, 5.41) is 0. The molecule has 1 fully saturated rings. The van der Waals surface area contributed by atoms with E-state index in [1.165, 1.54) is 6.08 Å². The van der Waals surface area contributed by atoms with E-state index >= 15 is 0 Å². The molecular formula is C17H25N3O3. The van der Waals surface area contributed by atoms with Crippen molar-refractivity contribution >= 4 is 11.6 Å². The average Bonchev–Trinajstić information content (AvgIpc) is 2.58. The number of anilines is 1. The highest BCUT2D eigenvalue weighted by atomic mass is 16.6. The zero-order valence-corrected chi connectivity index (χ0v) is 13.9. The number of hydrogen-bond donors (Lipinski definition) is 1. The van der Waals surface area contributed by atoms with Gasteiger partial charge < -0.3 is 19.4 Å². The molecule has 1 aliphatic rings. The number of ether oxygens (including phenoxy) is 1. The summed E-state index contributed by atoms with van der Waals surface area (Å²) in [6.45, 7) is 5.17. The molecule has 0 bridgehead atoms. The smallest absolute Gasteiger partial charge is 0.142 e. The van der Waals surface area contributed by atoms with Crippen LogP contribution in [0.3, 0.4) is 0 Å². The minimum atomic E-state index is 0.455. The second-order valence-corrected chi connectivity index (χ2v) is 5.58. The highest BCUT2D eigenvalue weighted by Crippen LogP contribution is 2.30. The topological polar surface area (TPSA) is 54.0 Å². The van der Waals surface area contributed by atoms with Crippen molar-refractivity contribution in [2.24, 2.45) is 0 Å². The van der Waals surface area contributed by atoms with E-state index in [-0.39, 0.29) is 0 Å². The minimum absolute atomic E-state index is 0.455. The molecule has 0 aliphatic carbocycles. The number of hydrogen-bond acceptors (Lipinski definition) is 6. The molecule has 1 aliphatic heterocycles. The Kier molecular flexibility index (Phi) is 7.10. The second-order valence-electron chi connectivity index (χ2n) is 5.58. The summed E-state index contributed by atoms with van der Waals surface area (Å²) < 4.78 is 5.50. The molecule has 23 heavy (non-hydrogen) atoms. The molecule has 1 aromatic rings. The van der Waals surface area contributed by atoms with Crippen LogP contribution >= 0.6 is 0 Å². The summed E-state index contributed by atoms with van der Waals surface area (Å²) in [7, 11) is 3.85. The van der Waals surface area contributed by atoms with Gasteiger partial charge in [0, 0.05) is 45.2 Å². The number of benzene rings is 1. The Morgan fingerprint density at radius 2 is 2.09 bits per heavy atom. The number of nitrogens with one attached hydrogen (secondary N) is 1. The molecule has 6 nitrogen and oxygen atoms in total. The van der Waals surface area contributed by atoms with E-state index in [4.69, 9.17) is 9.57 Å². The highest BCUT2D eigenvalue weighted by Gasteiger charge is 2.17. The van der Waals surface area contributed by atoms with Crippen molar-refractivity contribution < 1.29 is 14.4 Å². The maximum Gasteiger partial charge on any atom is 0.142 e. The Morgan fingerprint density at radius 3 is 2.78 bits per heavy atom. The van der Waals surface area contributed by atoms with Gasteiger partial charge in [0.1, 0.15) is 11.7 Å². The number of methoxy groups -OCH3 is 1. The predicted molar refractivity (Wildman–Crippen MR) is 90.4 cm³/mol. The molecule has 0 radical (unpaired) electrons. The molecule has 126 valence electrons. The lowest BCUT2D eigenvalue weighted by molar-refractivity contribution is 0.0399. The first-order valence-electron chi connectivity index (χ1n) is 7.89. The average molecular weight is 319 g/mol. The van der Waals surface area contributed by atoms with Gasteiger partial charge in [-0.05, 0) is 24.7 Å². The first-order valence-corrected chi connectivity index (χ1v) is 7.89. The second kappa shape index (κ2) is 9.33. The SMILES string of the molecule is COc1ccc(CNOCCC=C=O)cc1N1CCN(C)CC1. The van der Waals surface area contributed by atoms with Gasteiger partial charge in [0.05, 0.1) is 19.4 Å². The molecule has 1 heterocycles. The Labute approximate surface area is 137 Å². The van der Waals surface area contributed by atoms with Crippen LogP contribution in [0.15, 0.2) is 24.3 Å². The van der Waals surface area contributed by atoms with Crippen molar-refractivity contribution in [3.63, 3.8) is 0 Å². The van der Waals surface area contributed by atoms with Crippen LogP contribution < -0.4 is 15.1 Å². The van der Waals surface area contributed by atoms with E-state index in [1.54, 1.807) is 13.1 Å². The van der Waals surface area contributed by atoms with Gasteiger partial charge in [0.15, 0.2) is 0 Å². The number of piperazine rings is 1. The molecule has 2 rings (SSSR count).